The zero-order valence-corrected chi connectivity index (χ0v) is 28.0. The Labute approximate surface area is 284 Å². The third-order valence-electron chi connectivity index (χ3n) is 10.3. The Morgan fingerprint density at radius 2 is 1.27 bits per heavy atom. The van der Waals surface area contributed by atoms with Crippen LogP contribution in [0.3, 0.4) is 0 Å². The van der Waals surface area contributed by atoms with Crippen molar-refractivity contribution < 1.29 is 18.9 Å². The number of rotatable bonds is 14. The summed E-state index contributed by atoms with van der Waals surface area (Å²) in [6, 6.07) is 37.6. The van der Waals surface area contributed by atoms with E-state index in [1.807, 2.05) is 66.7 Å². The molecule has 248 valence electrons. The maximum Gasteiger partial charge on any atom is 0.261 e. The number of para-hydroxylation sites is 1. The van der Waals surface area contributed by atoms with Crippen LogP contribution in [0.2, 0.25) is 0 Å². The minimum absolute atomic E-state index is 0.0442. The predicted molar refractivity (Wildman–Crippen MR) is 190 cm³/mol. The number of quaternary nitrogens is 1. The molecule has 0 aliphatic carbocycles. The van der Waals surface area contributed by atoms with Gasteiger partial charge in [0.05, 0.1) is 51.4 Å². The maximum absolute atomic E-state index is 13.5. The van der Waals surface area contributed by atoms with Crippen molar-refractivity contribution in [2.45, 2.75) is 11.8 Å². The van der Waals surface area contributed by atoms with Crippen molar-refractivity contribution in [1.29, 1.82) is 0 Å². The van der Waals surface area contributed by atoms with Gasteiger partial charge in [-0.15, -0.1) is 0 Å². The van der Waals surface area contributed by atoms with Gasteiger partial charge in [0.1, 0.15) is 5.41 Å². The number of hydrogen-bond donors (Lipinski definition) is 1. The lowest BCUT2D eigenvalue weighted by atomic mass is 9.64. The number of likely N-dealkylation sites (tertiary alicyclic amines) is 1. The molecule has 2 aliphatic rings. The summed E-state index contributed by atoms with van der Waals surface area (Å²) in [7, 11) is 4.31. The van der Waals surface area contributed by atoms with Crippen molar-refractivity contribution in [3.05, 3.63) is 138 Å². The lowest BCUT2D eigenvalue weighted by molar-refractivity contribution is -0.888. The first kappa shape index (κ1) is 33.1. The number of fused-ring (bicyclic) bond motifs is 1. The smallest absolute Gasteiger partial charge is 0.261 e. The van der Waals surface area contributed by atoms with Crippen molar-refractivity contribution in [3.8, 4) is 0 Å². The lowest BCUT2D eigenvalue weighted by Crippen LogP contribution is -2.51. The van der Waals surface area contributed by atoms with E-state index < -0.39 is 5.41 Å². The van der Waals surface area contributed by atoms with Crippen molar-refractivity contribution in [2.24, 2.45) is 11.7 Å². The van der Waals surface area contributed by atoms with E-state index in [2.05, 4.69) is 48.2 Å². The molecule has 2 aliphatic heterocycles. The van der Waals surface area contributed by atoms with Crippen LogP contribution >= 0.6 is 0 Å². The summed E-state index contributed by atoms with van der Waals surface area (Å²) >= 11 is 0. The number of carbonyl (C=O) groups is 3. The van der Waals surface area contributed by atoms with Gasteiger partial charge in [-0.2, -0.15) is 0 Å². The number of benzene rings is 4. The second-order valence-electron chi connectivity index (χ2n) is 13.7. The molecule has 0 bridgehead atoms. The molecule has 4 aromatic carbocycles. The third-order valence-corrected chi connectivity index (χ3v) is 10.3. The van der Waals surface area contributed by atoms with Gasteiger partial charge in [-0.1, -0.05) is 91.0 Å². The summed E-state index contributed by atoms with van der Waals surface area (Å²) in [6.45, 7) is 6.05. The molecule has 1 saturated heterocycles. The van der Waals surface area contributed by atoms with E-state index in [1.54, 1.807) is 24.3 Å². The Balaban J connectivity index is 1.12. The minimum atomic E-state index is -0.905. The van der Waals surface area contributed by atoms with E-state index in [9.17, 15) is 14.4 Å². The van der Waals surface area contributed by atoms with Crippen molar-refractivity contribution >= 4 is 23.4 Å². The second kappa shape index (κ2) is 14.1. The maximum atomic E-state index is 13.5. The highest BCUT2D eigenvalue weighted by Crippen LogP contribution is 2.43. The predicted octanol–water partition coefficient (Wildman–Crippen LogP) is 4.66. The molecule has 48 heavy (non-hydrogen) atoms. The fourth-order valence-electron chi connectivity index (χ4n) is 7.50. The second-order valence-corrected chi connectivity index (χ2v) is 13.7. The number of likely N-dealkylation sites (N-methyl/N-ethyl adjacent to an activating group) is 1. The molecule has 1 fully saturated rings. The van der Waals surface area contributed by atoms with E-state index in [4.69, 9.17) is 5.73 Å². The quantitative estimate of drug-likeness (QED) is 0.160. The first-order chi connectivity index (χ1) is 23.2. The van der Waals surface area contributed by atoms with Crippen LogP contribution < -0.4 is 10.6 Å². The molecule has 8 heteroatoms. The Morgan fingerprint density at radius 3 is 1.81 bits per heavy atom. The van der Waals surface area contributed by atoms with E-state index in [0.29, 0.717) is 28.7 Å². The van der Waals surface area contributed by atoms with E-state index >= 15 is 0 Å². The van der Waals surface area contributed by atoms with Gasteiger partial charge in [-0.3, -0.25) is 19.3 Å². The Bertz CT molecular complexity index is 1650. The van der Waals surface area contributed by atoms with E-state index in [1.165, 1.54) is 4.90 Å². The normalized spacial score (nSPS) is 16.7. The monoisotopic (exact) mass is 644 g/mol. The van der Waals surface area contributed by atoms with Crippen LogP contribution in [-0.4, -0.2) is 98.5 Å². The molecule has 0 spiro atoms. The first-order valence-electron chi connectivity index (χ1n) is 16.9. The van der Waals surface area contributed by atoms with Crippen LogP contribution in [0.25, 0.3) is 0 Å². The average molecular weight is 645 g/mol. The first-order valence-corrected chi connectivity index (χ1v) is 16.9. The summed E-state index contributed by atoms with van der Waals surface area (Å²) in [6.07, 6.45) is 0.875. The van der Waals surface area contributed by atoms with E-state index in [0.717, 1.165) is 62.5 Å². The summed E-state index contributed by atoms with van der Waals surface area (Å²) in [5.74, 6) is -0.669. The highest BCUT2D eigenvalue weighted by atomic mass is 16.2. The standard InChI is InChI=1S/C40H45N5O3/c1-45(2,29-27-44-37(46)35-20-12-13-21-36(35)38(44)47)28-26-43(34-18-10-5-11-19-34)25-24-42-23-22-33(30-42)40(39(41)48,31-14-6-3-7-15-31)32-16-8-4-9-17-32/h3-21,33H,22-30H2,1-2H3,(H-,41,48)/p+1. The number of carbonyl (C=O) groups excluding carboxylic acids is 3. The Kier molecular flexibility index (Phi) is 9.76. The molecular weight excluding hydrogens is 598 g/mol. The molecule has 2 heterocycles. The summed E-state index contributed by atoms with van der Waals surface area (Å²) < 4.78 is 0.664. The molecule has 4 aromatic rings. The fourth-order valence-corrected chi connectivity index (χ4v) is 7.50. The van der Waals surface area contributed by atoms with Gasteiger partial charge < -0.3 is 20.0 Å². The molecule has 3 amide bonds. The number of imide groups is 1. The number of nitrogens with two attached hydrogens (primary N) is 1. The number of amides is 3. The van der Waals surface area contributed by atoms with Crippen LogP contribution in [0.1, 0.15) is 38.3 Å². The largest absolute Gasteiger partial charge is 0.369 e. The molecule has 0 saturated carbocycles. The summed E-state index contributed by atoms with van der Waals surface area (Å²) in [4.78, 5) is 45.7. The number of hydrogen-bond acceptors (Lipinski definition) is 5. The minimum Gasteiger partial charge on any atom is -0.369 e. The van der Waals surface area contributed by atoms with Gasteiger partial charge in [0.25, 0.3) is 11.8 Å². The highest BCUT2D eigenvalue weighted by Gasteiger charge is 2.49. The zero-order chi connectivity index (χ0) is 33.7. The van der Waals surface area contributed by atoms with Gasteiger partial charge in [-0.05, 0) is 54.3 Å². The number of anilines is 1. The molecule has 2 N–H and O–H groups in total. The van der Waals surface area contributed by atoms with Gasteiger partial charge >= 0.3 is 0 Å². The Hall–Kier alpha value is -4.79. The van der Waals surface area contributed by atoms with Crippen LogP contribution in [0.5, 0.6) is 0 Å². The van der Waals surface area contributed by atoms with Gasteiger partial charge in [0.15, 0.2) is 0 Å². The van der Waals surface area contributed by atoms with Crippen LogP contribution in [0, 0.1) is 5.92 Å². The average Bonchev–Trinajstić information content (AvgIpc) is 3.67. The Morgan fingerprint density at radius 1 is 0.750 bits per heavy atom. The van der Waals surface area contributed by atoms with Crippen molar-refractivity contribution in [2.75, 3.05) is 71.4 Å². The fraction of sp³-hybridized carbons (Fsp3) is 0.325. The molecule has 8 nitrogen and oxygen atoms in total. The molecular formula is C40H46N5O3+. The zero-order valence-electron chi connectivity index (χ0n) is 28.0. The van der Waals surface area contributed by atoms with Gasteiger partial charge in [-0.25, -0.2) is 0 Å². The SMILES string of the molecule is C[N+](C)(CCN1C(=O)c2ccccc2C1=O)CCN(CCN1CCC(C(C(N)=O)(c2ccccc2)c2ccccc2)C1)c1ccccc1. The van der Waals surface area contributed by atoms with Gasteiger partial charge in [0, 0.05) is 25.3 Å². The summed E-state index contributed by atoms with van der Waals surface area (Å²) in [5.41, 5.74) is 9.47. The van der Waals surface area contributed by atoms with Crippen molar-refractivity contribution in [3.63, 3.8) is 0 Å². The van der Waals surface area contributed by atoms with Gasteiger partial charge in [0.2, 0.25) is 5.91 Å². The number of nitrogens with zero attached hydrogens (tertiary/aromatic N) is 4. The van der Waals surface area contributed by atoms with Crippen molar-refractivity contribution in [1.82, 2.24) is 9.80 Å². The van der Waals surface area contributed by atoms with E-state index in [-0.39, 0.29) is 23.6 Å². The molecule has 1 unspecified atom stereocenters. The highest BCUT2D eigenvalue weighted by molar-refractivity contribution is 6.21. The summed E-state index contributed by atoms with van der Waals surface area (Å²) in [5, 5.41) is 0. The van der Waals surface area contributed by atoms with Crippen LogP contribution in [-0.2, 0) is 10.2 Å². The lowest BCUT2D eigenvalue weighted by Gasteiger charge is -2.38. The molecule has 0 radical (unpaired) electrons. The number of primary amides is 1. The third kappa shape index (κ3) is 6.64. The van der Waals surface area contributed by atoms with Crippen LogP contribution in [0.4, 0.5) is 5.69 Å². The topological polar surface area (TPSA) is 87.0 Å². The molecule has 0 aromatic heterocycles. The molecule has 6 rings (SSSR count). The molecule has 1 atom stereocenters. The van der Waals surface area contributed by atoms with Crippen LogP contribution in [0.15, 0.2) is 115 Å².